The van der Waals surface area contributed by atoms with Gasteiger partial charge in [0.15, 0.2) is 17.2 Å². The Balaban J connectivity index is 1.77. The second kappa shape index (κ2) is 5.75. The van der Waals surface area contributed by atoms with Crippen LogP contribution in [-0.2, 0) is 9.53 Å². The highest BCUT2D eigenvalue weighted by Crippen LogP contribution is 2.39. The van der Waals surface area contributed by atoms with Gasteiger partial charge in [0, 0.05) is 5.56 Å². The third-order valence-electron chi connectivity index (χ3n) is 3.65. The van der Waals surface area contributed by atoms with Crippen molar-refractivity contribution in [3.63, 3.8) is 0 Å². The number of cyclic esters (lactones) is 1. The van der Waals surface area contributed by atoms with Crippen molar-refractivity contribution >= 4 is 23.6 Å². The van der Waals surface area contributed by atoms with Gasteiger partial charge >= 0.3 is 5.97 Å². The summed E-state index contributed by atoms with van der Waals surface area (Å²) in [6.07, 6.45) is 1.30. The zero-order valence-electron chi connectivity index (χ0n) is 12.7. The molecule has 2 heterocycles. The average molecular weight is 338 g/mol. The molecule has 2 aliphatic rings. The number of fused-ring (bicyclic) bond motifs is 1. The van der Waals surface area contributed by atoms with Crippen LogP contribution in [0.3, 0.4) is 0 Å². The highest BCUT2D eigenvalue weighted by atomic mass is 16.7. The quantitative estimate of drug-likeness (QED) is 0.369. The van der Waals surface area contributed by atoms with Crippen LogP contribution >= 0.6 is 0 Å². The maximum Gasteiger partial charge on any atom is 0.363 e. The van der Waals surface area contributed by atoms with E-state index in [-0.39, 0.29) is 35.4 Å². The highest BCUT2D eigenvalue weighted by Gasteiger charge is 2.27. The van der Waals surface area contributed by atoms with Gasteiger partial charge in [-0.1, -0.05) is 18.2 Å². The predicted molar refractivity (Wildman–Crippen MR) is 86.3 cm³/mol. The molecule has 2 aromatic carbocycles. The number of benzene rings is 2. The number of ether oxygens (including phenoxy) is 3. The summed E-state index contributed by atoms with van der Waals surface area (Å²) in [5, 5.41) is 11.3. The number of carbonyl (C=O) groups is 1. The van der Waals surface area contributed by atoms with Crippen molar-refractivity contribution in [2.45, 2.75) is 0 Å². The normalized spacial score (nSPS) is 16.7. The third kappa shape index (κ3) is 2.69. The standard InChI is InChI=1S/C17H10N2O6/c20-17-12(18-16(25-17)10-4-2-1-3-5-10)6-11-7-14-15(24-9-23-14)8-13(11)19(21)22/h1-8H,9H2/b12-6-. The number of nitro groups is 1. The van der Waals surface area contributed by atoms with E-state index < -0.39 is 10.9 Å². The molecule has 0 amide bonds. The van der Waals surface area contributed by atoms with Crippen LogP contribution in [0, 0.1) is 10.1 Å². The Kier molecular flexibility index (Phi) is 3.42. The van der Waals surface area contributed by atoms with Gasteiger partial charge in [0.2, 0.25) is 12.7 Å². The van der Waals surface area contributed by atoms with Crippen LogP contribution in [0.5, 0.6) is 11.5 Å². The van der Waals surface area contributed by atoms with Crippen molar-refractivity contribution < 1.29 is 23.9 Å². The van der Waals surface area contributed by atoms with E-state index in [2.05, 4.69) is 4.99 Å². The number of aliphatic imine (C=N–C) groups is 1. The highest BCUT2D eigenvalue weighted by molar-refractivity contribution is 6.13. The molecule has 0 radical (unpaired) electrons. The third-order valence-corrected chi connectivity index (χ3v) is 3.65. The molecular formula is C17H10N2O6. The minimum Gasteiger partial charge on any atom is -0.454 e. The molecule has 4 rings (SSSR count). The summed E-state index contributed by atoms with van der Waals surface area (Å²) in [6, 6.07) is 11.6. The van der Waals surface area contributed by atoms with Crippen LogP contribution in [0.1, 0.15) is 11.1 Å². The van der Waals surface area contributed by atoms with Crippen molar-refractivity contribution in [3.05, 3.63) is 69.4 Å². The lowest BCUT2D eigenvalue weighted by atomic mass is 10.1. The molecule has 0 saturated carbocycles. The zero-order valence-corrected chi connectivity index (χ0v) is 12.7. The van der Waals surface area contributed by atoms with E-state index in [0.29, 0.717) is 11.3 Å². The van der Waals surface area contributed by atoms with Crippen LogP contribution in [0.4, 0.5) is 5.69 Å². The predicted octanol–water partition coefficient (Wildman–Crippen LogP) is 2.67. The number of carbonyl (C=O) groups excluding carboxylic acids is 1. The molecule has 0 unspecified atom stereocenters. The summed E-state index contributed by atoms with van der Waals surface area (Å²) in [5.74, 6) is 0.137. The Hall–Kier alpha value is -3.68. The number of nitrogens with zero attached hydrogens (tertiary/aromatic N) is 2. The number of esters is 1. The monoisotopic (exact) mass is 338 g/mol. The summed E-state index contributed by atoms with van der Waals surface area (Å²) in [5.41, 5.74) is 0.576. The fourth-order valence-electron chi connectivity index (χ4n) is 2.48. The van der Waals surface area contributed by atoms with E-state index in [1.807, 2.05) is 6.07 Å². The number of rotatable bonds is 3. The Morgan fingerprint density at radius 1 is 1.12 bits per heavy atom. The molecule has 0 bridgehead atoms. The van der Waals surface area contributed by atoms with Crippen molar-refractivity contribution in [2.75, 3.05) is 6.79 Å². The van der Waals surface area contributed by atoms with E-state index in [4.69, 9.17) is 14.2 Å². The Morgan fingerprint density at radius 3 is 2.56 bits per heavy atom. The van der Waals surface area contributed by atoms with Gasteiger partial charge in [-0.2, -0.15) is 0 Å². The summed E-state index contributed by atoms with van der Waals surface area (Å²) >= 11 is 0. The Labute approximate surface area is 141 Å². The number of hydrogen-bond donors (Lipinski definition) is 0. The summed E-state index contributed by atoms with van der Waals surface area (Å²) in [6.45, 7) is -0.00907. The summed E-state index contributed by atoms with van der Waals surface area (Å²) in [4.78, 5) is 26.9. The maximum absolute atomic E-state index is 12.0. The minimum atomic E-state index is -0.675. The smallest absolute Gasteiger partial charge is 0.363 e. The molecule has 0 aliphatic carbocycles. The van der Waals surface area contributed by atoms with Gasteiger partial charge in [-0.25, -0.2) is 9.79 Å². The summed E-state index contributed by atoms with van der Waals surface area (Å²) in [7, 11) is 0. The molecule has 0 spiro atoms. The fraction of sp³-hybridized carbons (Fsp3) is 0.0588. The molecule has 25 heavy (non-hydrogen) atoms. The van der Waals surface area contributed by atoms with Crippen molar-refractivity contribution in [1.29, 1.82) is 0 Å². The topological polar surface area (TPSA) is 100 Å². The largest absolute Gasteiger partial charge is 0.454 e. The molecule has 0 saturated heterocycles. The zero-order chi connectivity index (χ0) is 17.4. The SMILES string of the molecule is O=C1OC(c2ccccc2)=N/C1=C\c1cc2c(cc1[N+](=O)[O-])OCO2. The Morgan fingerprint density at radius 2 is 1.84 bits per heavy atom. The lowest BCUT2D eigenvalue weighted by Crippen LogP contribution is -2.05. The number of nitro benzene ring substituents is 1. The van der Waals surface area contributed by atoms with Gasteiger partial charge in [0.05, 0.1) is 16.6 Å². The first-order valence-electron chi connectivity index (χ1n) is 7.28. The van der Waals surface area contributed by atoms with Gasteiger partial charge in [-0.15, -0.1) is 0 Å². The first-order valence-corrected chi connectivity index (χ1v) is 7.28. The molecular weight excluding hydrogens is 328 g/mol. The van der Waals surface area contributed by atoms with Crippen molar-refractivity contribution in [2.24, 2.45) is 4.99 Å². The van der Waals surface area contributed by atoms with Crippen LogP contribution in [0.2, 0.25) is 0 Å². The van der Waals surface area contributed by atoms with Gasteiger partial charge in [-0.3, -0.25) is 10.1 Å². The van der Waals surface area contributed by atoms with Crippen molar-refractivity contribution in [1.82, 2.24) is 0 Å². The second-order valence-electron chi connectivity index (χ2n) is 5.22. The van der Waals surface area contributed by atoms with E-state index in [0.717, 1.165) is 0 Å². The van der Waals surface area contributed by atoms with Gasteiger partial charge in [-0.05, 0) is 24.3 Å². The van der Waals surface area contributed by atoms with Crippen LogP contribution in [0.25, 0.3) is 6.08 Å². The molecule has 0 fully saturated rings. The van der Waals surface area contributed by atoms with E-state index >= 15 is 0 Å². The molecule has 8 heteroatoms. The van der Waals surface area contributed by atoms with E-state index in [9.17, 15) is 14.9 Å². The van der Waals surface area contributed by atoms with E-state index in [1.165, 1.54) is 18.2 Å². The van der Waals surface area contributed by atoms with Crippen LogP contribution in [0.15, 0.2) is 53.2 Å². The first-order chi connectivity index (χ1) is 12.1. The molecule has 0 N–H and O–H groups in total. The average Bonchev–Trinajstić information content (AvgIpc) is 3.21. The lowest BCUT2D eigenvalue weighted by Gasteiger charge is -2.01. The van der Waals surface area contributed by atoms with Gasteiger partial charge < -0.3 is 14.2 Å². The molecule has 2 aliphatic heterocycles. The van der Waals surface area contributed by atoms with Crippen molar-refractivity contribution in [3.8, 4) is 11.5 Å². The summed E-state index contributed by atoms with van der Waals surface area (Å²) < 4.78 is 15.5. The lowest BCUT2D eigenvalue weighted by molar-refractivity contribution is -0.385. The molecule has 8 nitrogen and oxygen atoms in total. The second-order valence-corrected chi connectivity index (χ2v) is 5.22. The molecule has 124 valence electrons. The Bertz CT molecular complexity index is 949. The maximum atomic E-state index is 12.0. The molecule has 0 aromatic heterocycles. The van der Waals surface area contributed by atoms with Crippen LogP contribution in [-0.4, -0.2) is 23.6 Å². The van der Waals surface area contributed by atoms with E-state index in [1.54, 1.807) is 24.3 Å². The van der Waals surface area contributed by atoms with Gasteiger partial charge in [0.25, 0.3) is 5.69 Å². The number of hydrogen-bond acceptors (Lipinski definition) is 7. The first kappa shape index (κ1) is 14.9. The van der Waals surface area contributed by atoms with Crippen LogP contribution < -0.4 is 9.47 Å². The minimum absolute atomic E-state index is 0.00907. The molecule has 2 aromatic rings. The molecule has 0 atom stereocenters. The van der Waals surface area contributed by atoms with Gasteiger partial charge in [0.1, 0.15) is 0 Å². The fourth-order valence-corrected chi connectivity index (χ4v) is 2.48.